The lowest BCUT2D eigenvalue weighted by atomic mass is 10.0. The Balaban J connectivity index is 3.11. The van der Waals surface area contributed by atoms with E-state index >= 15 is 0 Å². The number of carbonyl (C=O) groups excluding carboxylic acids is 2. The van der Waals surface area contributed by atoms with E-state index in [1.54, 1.807) is 0 Å². The summed E-state index contributed by atoms with van der Waals surface area (Å²) in [7, 11) is 0. The maximum Gasteiger partial charge on any atom is 0.326 e. The molecule has 0 aromatic carbocycles. The van der Waals surface area contributed by atoms with Gasteiger partial charge in [0.15, 0.2) is 0 Å². The molecule has 1 aromatic heterocycles. The summed E-state index contributed by atoms with van der Waals surface area (Å²) in [4.78, 5) is 45.0. The molecule has 0 fully saturated rings. The predicted octanol–water partition coefficient (Wildman–Crippen LogP) is 0.214. The van der Waals surface area contributed by atoms with Gasteiger partial charge >= 0.3 is 5.97 Å². The quantitative estimate of drug-likeness (QED) is 0.411. The van der Waals surface area contributed by atoms with Crippen LogP contribution in [-0.4, -0.2) is 67.9 Å². The third-order valence-electron chi connectivity index (χ3n) is 4.02. The van der Waals surface area contributed by atoms with E-state index in [0.717, 1.165) is 4.90 Å². The van der Waals surface area contributed by atoms with E-state index in [1.165, 1.54) is 24.3 Å². The number of amides is 2. The minimum Gasteiger partial charge on any atom is -0.480 e. The van der Waals surface area contributed by atoms with Crippen LogP contribution in [0.25, 0.3) is 0 Å². The van der Waals surface area contributed by atoms with E-state index in [0.29, 0.717) is 17.9 Å². The van der Waals surface area contributed by atoms with Crippen LogP contribution >= 0.6 is 11.8 Å². The van der Waals surface area contributed by atoms with Crippen molar-refractivity contribution in [1.29, 1.82) is 0 Å². The van der Waals surface area contributed by atoms with Gasteiger partial charge < -0.3 is 21.6 Å². The van der Waals surface area contributed by atoms with Crippen LogP contribution in [0.1, 0.15) is 32.4 Å². The number of rotatable bonds is 11. The number of hydrogen-bond acceptors (Lipinski definition) is 7. The average molecular weight is 400 g/mol. The molecular weight excluding hydrogens is 370 g/mol. The Bertz CT molecular complexity index is 623. The molecule has 0 radical (unpaired) electrons. The smallest absolute Gasteiger partial charge is 0.326 e. The number of carboxylic acid groups (broad SMARTS) is 1. The number of carboxylic acids is 1. The van der Waals surface area contributed by atoms with Crippen molar-refractivity contribution >= 4 is 29.5 Å². The average Bonchev–Trinajstić information content (AvgIpc) is 3.09. The Labute approximate surface area is 163 Å². The molecule has 3 unspecified atom stereocenters. The maximum atomic E-state index is 12.9. The van der Waals surface area contributed by atoms with Crippen molar-refractivity contribution in [3.63, 3.8) is 0 Å². The fourth-order valence-electron chi connectivity index (χ4n) is 2.69. The van der Waals surface area contributed by atoms with Gasteiger partial charge in [0.25, 0.3) is 0 Å². The minimum atomic E-state index is -1.30. The number of nitrogens with zero attached hydrogens (tertiary/aromatic N) is 2. The van der Waals surface area contributed by atoms with Crippen LogP contribution < -0.4 is 11.5 Å². The van der Waals surface area contributed by atoms with Crippen LogP contribution in [0.3, 0.4) is 0 Å². The van der Waals surface area contributed by atoms with Gasteiger partial charge in [-0.2, -0.15) is 11.8 Å². The van der Waals surface area contributed by atoms with Gasteiger partial charge in [-0.1, -0.05) is 13.8 Å². The SMILES string of the molecule is CSCCC(C(=O)O)N(C(=O)C(N)Cc1cnc[nH]1)C(=O)C(N)CC(C)C. The number of aromatic nitrogens is 2. The number of nitrogens with one attached hydrogen (secondary N) is 1. The summed E-state index contributed by atoms with van der Waals surface area (Å²) >= 11 is 1.43. The number of thioether (sulfide) groups is 1. The molecule has 1 heterocycles. The molecule has 27 heavy (non-hydrogen) atoms. The molecule has 0 aliphatic rings. The largest absolute Gasteiger partial charge is 0.480 e. The third kappa shape index (κ3) is 6.96. The molecule has 0 bridgehead atoms. The summed E-state index contributed by atoms with van der Waals surface area (Å²) in [5, 5.41) is 9.62. The highest BCUT2D eigenvalue weighted by atomic mass is 32.2. The van der Waals surface area contributed by atoms with E-state index in [9.17, 15) is 19.5 Å². The van der Waals surface area contributed by atoms with E-state index in [2.05, 4.69) is 9.97 Å². The van der Waals surface area contributed by atoms with E-state index in [4.69, 9.17) is 11.5 Å². The van der Waals surface area contributed by atoms with E-state index < -0.39 is 35.9 Å². The number of imidazole rings is 1. The molecule has 0 aliphatic carbocycles. The number of hydrogen-bond donors (Lipinski definition) is 4. The van der Waals surface area contributed by atoms with Crippen LogP contribution in [-0.2, 0) is 20.8 Å². The number of H-pyrrole nitrogens is 1. The molecule has 1 aromatic rings. The first-order chi connectivity index (χ1) is 12.7. The van der Waals surface area contributed by atoms with Crippen LogP contribution in [0.15, 0.2) is 12.5 Å². The summed E-state index contributed by atoms with van der Waals surface area (Å²) in [6.45, 7) is 3.79. The molecule has 10 heteroatoms. The van der Waals surface area contributed by atoms with Crippen molar-refractivity contribution in [2.45, 2.75) is 51.2 Å². The lowest BCUT2D eigenvalue weighted by Crippen LogP contribution is -2.59. The van der Waals surface area contributed by atoms with Crippen LogP contribution in [0.5, 0.6) is 0 Å². The second-order valence-corrected chi connectivity index (χ2v) is 7.79. The molecule has 3 atom stereocenters. The van der Waals surface area contributed by atoms with Crippen LogP contribution in [0.2, 0.25) is 0 Å². The third-order valence-corrected chi connectivity index (χ3v) is 4.67. The monoisotopic (exact) mass is 399 g/mol. The molecule has 0 spiro atoms. The van der Waals surface area contributed by atoms with Gasteiger partial charge in [0.05, 0.1) is 18.4 Å². The molecule has 0 saturated carbocycles. The standard InChI is InChI=1S/C17H29N5O4S/c1-10(2)6-12(18)15(23)22(14(17(25)26)4-5-27-3)16(24)13(19)7-11-8-20-9-21-11/h8-10,12-14H,4-7,18-19H2,1-3H3,(H,20,21)(H,25,26). The van der Waals surface area contributed by atoms with Crippen LogP contribution in [0, 0.1) is 5.92 Å². The van der Waals surface area contributed by atoms with Gasteiger partial charge in [-0.15, -0.1) is 0 Å². The zero-order valence-corrected chi connectivity index (χ0v) is 16.7. The summed E-state index contributed by atoms with van der Waals surface area (Å²) in [5.41, 5.74) is 12.6. The first kappa shape index (κ1) is 23.1. The van der Waals surface area contributed by atoms with Crippen molar-refractivity contribution in [1.82, 2.24) is 14.9 Å². The lowest BCUT2D eigenvalue weighted by molar-refractivity contribution is -0.159. The summed E-state index contributed by atoms with van der Waals surface area (Å²) in [5.74, 6) is -2.11. The number of aliphatic carboxylic acids is 1. The molecule has 2 amide bonds. The van der Waals surface area contributed by atoms with Crippen LogP contribution in [0.4, 0.5) is 0 Å². The predicted molar refractivity (Wildman–Crippen MR) is 104 cm³/mol. The molecule has 0 saturated heterocycles. The highest BCUT2D eigenvalue weighted by molar-refractivity contribution is 7.98. The van der Waals surface area contributed by atoms with Crippen molar-refractivity contribution < 1.29 is 19.5 Å². The summed E-state index contributed by atoms with van der Waals surface area (Å²) in [6.07, 6.45) is 5.36. The molecule has 6 N–H and O–H groups in total. The Morgan fingerprint density at radius 3 is 2.37 bits per heavy atom. The number of carbonyl (C=O) groups is 3. The van der Waals surface area contributed by atoms with Gasteiger partial charge in [0.2, 0.25) is 11.8 Å². The Kier molecular flexibility index (Phi) is 9.47. The first-order valence-electron chi connectivity index (χ1n) is 8.76. The van der Waals surface area contributed by atoms with Crippen molar-refractivity contribution in [3.8, 4) is 0 Å². The maximum absolute atomic E-state index is 12.9. The first-order valence-corrected chi connectivity index (χ1v) is 10.1. The number of aromatic amines is 1. The van der Waals surface area contributed by atoms with Gasteiger partial charge in [0.1, 0.15) is 6.04 Å². The second kappa shape index (κ2) is 11.1. The molecule has 0 aliphatic heterocycles. The van der Waals surface area contributed by atoms with Gasteiger partial charge in [-0.25, -0.2) is 9.78 Å². The Morgan fingerprint density at radius 2 is 1.89 bits per heavy atom. The van der Waals surface area contributed by atoms with Crippen molar-refractivity contribution in [3.05, 3.63) is 18.2 Å². The summed E-state index contributed by atoms with van der Waals surface area (Å²) in [6, 6.07) is -3.36. The highest BCUT2D eigenvalue weighted by Crippen LogP contribution is 2.15. The summed E-state index contributed by atoms with van der Waals surface area (Å²) < 4.78 is 0. The number of nitrogens with two attached hydrogens (primary N) is 2. The fraction of sp³-hybridized carbons (Fsp3) is 0.647. The minimum absolute atomic E-state index is 0.108. The van der Waals surface area contributed by atoms with E-state index in [1.807, 2.05) is 20.1 Å². The normalized spacial score (nSPS) is 14.6. The number of imide groups is 1. The molecule has 1 rings (SSSR count). The lowest BCUT2D eigenvalue weighted by Gasteiger charge is -2.31. The zero-order valence-electron chi connectivity index (χ0n) is 15.9. The van der Waals surface area contributed by atoms with Gasteiger partial charge in [-0.3, -0.25) is 14.5 Å². The second-order valence-electron chi connectivity index (χ2n) is 6.81. The van der Waals surface area contributed by atoms with Gasteiger partial charge in [0, 0.05) is 18.3 Å². The molecule has 152 valence electrons. The zero-order chi connectivity index (χ0) is 20.6. The fourth-order valence-corrected chi connectivity index (χ4v) is 3.15. The Hall–Kier alpha value is -1.91. The van der Waals surface area contributed by atoms with Gasteiger partial charge in [-0.05, 0) is 30.8 Å². The van der Waals surface area contributed by atoms with Crippen molar-refractivity contribution in [2.75, 3.05) is 12.0 Å². The highest BCUT2D eigenvalue weighted by Gasteiger charge is 2.39. The molecule has 9 nitrogen and oxygen atoms in total. The van der Waals surface area contributed by atoms with Crippen molar-refractivity contribution in [2.24, 2.45) is 17.4 Å². The van der Waals surface area contributed by atoms with E-state index in [-0.39, 0.29) is 18.8 Å². The molecular formula is C17H29N5O4S. The topological polar surface area (TPSA) is 155 Å². The Morgan fingerprint density at radius 1 is 1.26 bits per heavy atom.